The number of rotatable bonds is 1. The fourth-order valence-electron chi connectivity index (χ4n) is 2.89. The Labute approximate surface area is 118 Å². The highest BCUT2D eigenvalue weighted by atomic mass is 16.2. The van der Waals surface area contributed by atoms with E-state index in [1.807, 2.05) is 24.0 Å². The summed E-state index contributed by atoms with van der Waals surface area (Å²) in [7, 11) is 1.74. The molecule has 0 unspecified atom stereocenters. The van der Waals surface area contributed by atoms with E-state index in [4.69, 9.17) is 5.73 Å². The summed E-state index contributed by atoms with van der Waals surface area (Å²) in [6.45, 7) is 2.76. The van der Waals surface area contributed by atoms with E-state index < -0.39 is 0 Å². The van der Waals surface area contributed by atoms with Crippen molar-refractivity contribution >= 4 is 17.3 Å². The van der Waals surface area contributed by atoms with Gasteiger partial charge in [-0.25, -0.2) is 0 Å². The van der Waals surface area contributed by atoms with Crippen LogP contribution >= 0.6 is 0 Å². The molecule has 0 fully saturated rings. The molecule has 0 bridgehead atoms. The molecular formula is C15H18N4O. The van der Waals surface area contributed by atoms with Crippen molar-refractivity contribution < 1.29 is 4.79 Å². The van der Waals surface area contributed by atoms with E-state index in [9.17, 15) is 4.79 Å². The molecule has 5 heteroatoms. The van der Waals surface area contributed by atoms with E-state index in [0.717, 1.165) is 30.6 Å². The molecular weight excluding hydrogens is 252 g/mol. The van der Waals surface area contributed by atoms with Crippen LogP contribution in [0.15, 0.2) is 24.4 Å². The van der Waals surface area contributed by atoms with Crippen LogP contribution in [0.1, 0.15) is 28.0 Å². The Balaban J connectivity index is 2.07. The van der Waals surface area contributed by atoms with Crippen molar-refractivity contribution in [2.24, 2.45) is 7.05 Å². The van der Waals surface area contributed by atoms with Gasteiger partial charge in [-0.15, -0.1) is 0 Å². The summed E-state index contributed by atoms with van der Waals surface area (Å²) in [4.78, 5) is 14.6. The zero-order chi connectivity index (χ0) is 14.3. The van der Waals surface area contributed by atoms with Gasteiger partial charge in [0.05, 0.1) is 17.6 Å². The second-order valence-corrected chi connectivity index (χ2v) is 5.22. The minimum atomic E-state index is -0.0715. The highest BCUT2D eigenvalue weighted by Gasteiger charge is 2.28. The summed E-state index contributed by atoms with van der Waals surface area (Å²) >= 11 is 0. The first-order chi connectivity index (χ1) is 9.59. The average Bonchev–Trinajstić information content (AvgIpc) is 2.77. The summed E-state index contributed by atoms with van der Waals surface area (Å²) in [6.07, 6.45) is 3.51. The number of nitrogens with zero attached hydrogens (tertiary/aromatic N) is 3. The van der Waals surface area contributed by atoms with Gasteiger partial charge in [0.25, 0.3) is 5.91 Å². The third kappa shape index (κ3) is 1.86. The Bertz CT molecular complexity index is 655. The summed E-state index contributed by atoms with van der Waals surface area (Å²) in [5, 5.41) is 4.05. The summed E-state index contributed by atoms with van der Waals surface area (Å²) in [6, 6.07) is 6.17. The third-order valence-electron chi connectivity index (χ3n) is 3.83. The minimum Gasteiger partial charge on any atom is -0.396 e. The first-order valence-electron chi connectivity index (χ1n) is 6.77. The van der Waals surface area contributed by atoms with Crippen molar-refractivity contribution in [3.05, 3.63) is 41.2 Å². The second-order valence-electron chi connectivity index (χ2n) is 5.22. The second kappa shape index (κ2) is 4.67. The number of hydrogen-bond donors (Lipinski definition) is 1. The van der Waals surface area contributed by atoms with E-state index in [2.05, 4.69) is 11.2 Å². The zero-order valence-corrected chi connectivity index (χ0v) is 11.8. The fraction of sp³-hybridized carbons (Fsp3) is 0.333. The molecule has 5 nitrogen and oxygen atoms in total. The largest absolute Gasteiger partial charge is 0.396 e. The van der Waals surface area contributed by atoms with Gasteiger partial charge in [-0.05, 0) is 30.9 Å². The predicted octanol–water partition coefficient (Wildman–Crippen LogP) is 1.90. The number of para-hydroxylation sites is 1. The molecule has 1 aliphatic heterocycles. The molecule has 0 spiro atoms. The van der Waals surface area contributed by atoms with Crippen LogP contribution in [0.3, 0.4) is 0 Å². The molecule has 1 aliphatic rings. The molecule has 0 radical (unpaired) electrons. The topological polar surface area (TPSA) is 64.2 Å². The number of aryl methyl sites for hydroxylation is 3. The van der Waals surface area contributed by atoms with Crippen molar-refractivity contribution in [3.8, 4) is 0 Å². The van der Waals surface area contributed by atoms with Gasteiger partial charge in [0, 0.05) is 13.6 Å². The highest BCUT2D eigenvalue weighted by molar-refractivity contribution is 6.09. The van der Waals surface area contributed by atoms with E-state index in [-0.39, 0.29) is 5.91 Å². The van der Waals surface area contributed by atoms with E-state index in [1.54, 1.807) is 11.7 Å². The molecule has 1 amide bonds. The van der Waals surface area contributed by atoms with Gasteiger partial charge in [0.1, 0.15) is 5.69 Å². The van der Waals surface area contributed by atoms with Crippen LogP contribution in [0.25, 0.3) is 0 Å². The number of benzene rings is 1. The van der Waals surface area contributed by atoms with Gasteiger partial charge in [0.15, 0.2) is 0 Å². The van der Waals surface area contributed by atoms with Crippen LogP contribution in [-0.4, -0.2) is 22.2 Å². The lowest BCUT2D eigenvalue weighted by atomic mass is 9.98. The van der Waals surface area contributed by atoms with Crippen LogP contribution < -0.4 is 10.6 Å². The summed E-state index contributed by atoms with van der Waals surface area (Å²) in [5.74, 6) is -0.0715. The fourth-order valence-corrected chi connectivity index (χ4v) is 2.89. The molecule has 3 rings (SSSR count). The predicted molar refractivity (Wildman–Crippen MR) is 78.8 cm³/mol. The number of nitrogens with two attached hydrogens (primary N) is 1. The van der Waals surface area contributed by atoms with Gasteiger partial charge in [0.2, 0.25) is 0 Å². The lowest BCUT2D eigenvalue weighted by Gasteiger charge is -2.31. The number of carbonyl (C=O) groups excluding carboxylic acids is 1. The lowest BCUT2D eigenvalue weighted by molar-refractivity contribution is 0.0977. The summed E-state index contributed by atoms with van der Waals surface area (Å²) < 4.78 is 1.55. The normalized spacial score (nSPS) is 14.2. The molecule has 0 saturated carbocycles. The van der Waals surface area contributed by atoms with Crippen LogP contribution in [0.5, 0.6) is 0 Å². The maximum Gasteiger partial charge on any atom is 0.278 e. The Morgan fingerprint density at radius 1 is 1.40 bits per heavy atom. The highest BCUT2D eigenvalue weighted by Crippen LogP contribution is 2.32. The van der Waals surface area contributed by atoms with Gasteiger partial charge < -0.3 is 10.6 Å². The van der Waals surface area contributed by atoms with Crippen molar-refractivity contribution in [2.75, 3.05) is 17.2 Å². The lowest BCUT2D eigenvalue weighted by Crippen LogP contribution is -2.37. The van der Waals surface area contributed by atoms with E-state index >= 15 is 0 Å². The van der Waals surface area contributed by atoms with Crippen molar-refractivity contribution in [3.63, 3.8) is 0 Å². The molecule has 2 N–H and O–H groups in total. The van der Waals surface area contributed by atoms with Gasteiger partial charge in [-0.3, -0.25) is 9.48 Å². The zero-order valence-electron chi connectivity index (χ0n) is 11.8. The van der Waals surface area contributed by atoms with Crippen molar-refractivity contribution in [1.29, 1.82) is 0 Å². The first kappa shape index (κ1) is 12.7. The molecule has 0 aliphatic carbocycles. The van der Waals surface area contributed by atoms with Crippen LogP contribution in [0, 0.1) is 6.92 Å². The van der Waals surface area contributed by atoms with E-state index in [1.165, 1.54) is 11.8 Å². The van der Waals surface area contributed by atoms with E-state index in [0.29, 0.717) is 11.4 Å². The van der Waals surface area contributed by atoms with Gasteiger partial charge in [-0.2, -0.15) is 5.10 Å². The Morgan fingerprint density at radius 3 is 2.90 bits per heavy atom. The minimum absolute atomic E-state index is 0.0715. The van der Waals surface area contributed by atoms with Gasteiger partial charge >= 0.3 is 0 Å². The average molecular weight is 270 g/mol. The van der Waals surface area contributed by atoms with Crippen molar-refractivity contribution in [1.82, 2.24) is 9.78 Å². The smallest absolute Gasteiger partial charge is 0.278 e. The molecule has 0 atom stereocenters. The Morgan fingerprint density at radius 2 is 2.20 bits per heavy atom. The van der Waals surface area contributed by atoms with Crippen LogP contribution in [0.2, 0.25) is 0 Å². The number of anilines is 2. The number of amides is 1. The molecule has 1 aromatic heterocycles. The molecule has 104 valence electrons. The standard InChI is InChI=1S/C15H18N4O/c1-10-5-3-6-11-7-4-8-19(13(10)11)15(20)14-12(16)9-17-18(14)2/h3,5-6,9H,4,7-8,16H2,1-2H3. The van der Waals surface area contributed by atoms with Gasteiger partial charge in [-0.1, -0.05) is 18.2 Å². The Kier molecular flexibility index (Phi) is 2.97. The molecule has 1 aromatic carbocycles. The first-order valence-corrected chi connectivity index (χ1v) is 6.77. The number of hydrogen-bond acceptors (Lipinski definition) is 3. The molecule has 20 heavy (non-hydrogen) atoms. The molecule has 0 saturated heterocycles. The number of nitrogen functional groups attached to an aromatic ring is 1. The number of aromatic nitrogens is 2. The molecule has 2 aromatic rings. The number of fused-ring (bicyclic) bond motifs is 1. The quantitative estimate of drug-likeness (QED) is 0.860. The maximum atomic E-state index is 12.8. The van der Waals surface area contributed by atoms with Crippen LogP contribution in [0.4, 0.5) is 11.4 Å². The Hall–Kier alpha value is -2.30. The monoisotopic (exact) mass is 270 g/mol. The van der Waals surface area contributed by atoms with Crippen LogP contribution in [-0.2, 0) is 13.5 Å². The third-order valence-corrected chi connectivity index (χ3v) is 3.83. The summed E-state index contributed by atoms with van der Waals surface area (Å²) in [5.41, 5.74) is 10.1. The SMILES string of the molecule is Cc1cccc2c1N(C(=O)c1c(N)cnn1C)CCC2. The van der Waals surface area contributed by atoms with Crippen molar-refractivity contribution in [2.45, 2.75) is 19.8 Å². The maximum absolute atomic E-state index is 12.8. The molecule has 2 heterocycles. The number of carbonyl (C=O) groups is 1.